The maximum Gasteiger partial charge on any atom is 0.408 e. The van der Waals surface area contributed by atoms with E-state index in [0.717, 1.165) is 5.56 Å². The summed E-state index contributed by atoms with van der Waals surface area (Å²) >= 11 is 0. The minimum atomic E-state index is -1.30. The molecule has 0 spiro atoms. The number of carbonyl (C=O) groups is 2. The maximum atomic E-state index is 11.7. The lowest BCUT2D eigenvalue weighted by atomic mass is 9.68. The van der Waals surface area contributed by atoms with Gasteiger partial charge in [-0.3, -0.25) is 0 Å². The largest absolute Gasteiger partial charge is 0.480 e. The molecule has 0 radical (unpaired) electrons. The summed E-state index contributed by atoms with van der Waals surface area (Å²) in [5.41, 5.74) is -0.477. The van der Waals surface area contributed by atoms with Gasteiger partial charge in [0.15, 0.2) is 0 Å². The highest BCUT2D eigenvalue weighted by molar-refractivity contribution is 5.85. The first-order valence-electron chi connectivity index (χ1n) is 6.39. The first-order chi connectivity index (χ1) is 9.55. The minimum Gasteiger partial charge on any atom is -0.480 e. The Hall–Kier alpha value is -2.08. The zero-order valence-corrected chi connectivity index (χ0v) is 10.9. The molecule has 20 heavy (non-hydrogen) atoms. The Balaban J connectivity index is 1.86. The molecule has 1 fully saturated rings. The van der Waals surface area contributed by atoms with E-state index in [2.05, 4.69) is 5.32 Å². The molecule has 1 aliphatic carbocycles. The zero-order chi connectivity index (χ0) is 14.6. The number of nitrogens with one attached hydrogen (secondary N) is 1. The van der Waals surface area contributed by atoms with Crippen LogP contribution < -0.4 is 5.32 Å². The number of carboxylic acids is 1. The van der Waals surface area contributed by atoms with Crippen LogP contribution in [0.25, 0.3) is 0 Å². The van der Waals surface area contributed by atoms with Gasteiger partial charge < -0.3 is 20.3 Å². The van der Waals surface area contributed by atoms with Gasteiger partial charge in [0.25, 0.3) is 0 Å². The summed E-state index contributed by atoms with van der Waals surface area (Å²) < 4.78 is 5.00. The van der Waals surface area contributed by atoms with Crippen LogP contribution in [0.5, 0.6) is 0 Å². The van der Waals surface area contributed by atoms with Gasteiger partial charge in [0.2, 0.25) is 0 Å². The topological polar surface area (TPSA) is 95.9 Å². The summed E-state index contributed by atoms with van der Waals surface area (Å²) in [4.78, 5) is 22.9. The smallest absolute Gasteiger partial charge is 0.408 e. The molecule has 0 unspecified atom stereocenters. The van der Waals surface area contributed by atoms with Gasteiger partial charge in [0.1, 0.15) is 12.1 Å². The molecule has 1 aromatic carbocycles. The molecule has 2 rings (SSSR count). The molecule has 0 saturated heterocycles. The Morgan fingerprint density at radius 1 is 1.30 bits per heavy atom. The summed E-state index contributed by atoms with van der Waals surface area (Å²) in [7, 11) is 0. The second-order valence-corrected chi connectivity index (χ2v) is 5.03. The van der Waals surface area contributed by atoms with Crippen molar-refractivity contribution in [3.63, 3.8) is 0 Å². The monoisotopic (exact) mass is 279 g/mol. The highest BCUT2D eigenvalue weighted by Crippen LogP contribution is 2.37. The SMILES string of the molecule is O=C(NC1(C(=O)O)CC(CO)C1)OCc1ccccc1. The number of aliphatic hydroxyl groups excluding tert-OH is 1. The molecule has 0 bridgehead atoms. The molecule has 1 aliphatic rings. The van der Waals surface area contributed by atoms with Crippen molar-refractivity contribution < 1.29 is 24.5 Å². The quantitative estimate of drug-likeness (QED) is 0.751. The number of amides is 1. The van der Waals surface area contributed by atoms with Crippen molar-refractivity contribution in [3.8, 4) is 0 Å². The van der Waals surface area contributed by atoms with Crippen LogP contribution in [0.15, 0.2) is 30.3 Å². The van der Waals surface area contributed by atoms with Gasteiger partial charge in [-0.15, -0.1) is 0 Å². The number of carboxylic acid groups (broad SMARTS) is 1. The van der Waals surface area contributed by atoms with Gasteiger partial charge in [0, 0.05) is 6.61 Å². The van der Waals surface area contributed by atoms with Crippen molar-refractivity contribution in [1.29, 1.82) is 0 Å². The molecular weight excluding hydrogens is 262 g/mol. The van der Waals surface area contributed by atoms with Crippen LogP contribution in [0.1, 0.15) is 18.4 Å². The van der Waals surface area contributed by atoms with Crippen LogP contribution in [0.4, 0.5) is 4.79 Å². The highest BCUT2D eigenvalue weighted by Gasteiger charge is 2.51. The molecule has 0 aromatic heterocycles. The lowest BCUT2D eigenvalue weighted by molar-refractivity contribution is -0.151. The van der Waals surface area contributed by atoms with Crippen LogP contribution in [0.2, 0.25) is 0 Å². The van der Waals surface area contributed by atoms with Gasteiger partial charge in [-0.25, -0.2) is 9.59 Å². The second kappa shape index (κ2) is 5.92. The van der Waals surface area contributed by atoms with E-state index in [1.165, 1.54) is 0 Å². The Morgan fingerprint density at radius 2 is 1.95 bits per heavy atom. The number of ether oxygens (including phenoxy) is 1. The Labute approximate surface area is 116 Å². The van der Waals surface area contributed by atoms with Crippen LogP contribution in [0, 0.1) is 5.92 Å². The Morgan fingerprint density at radius 3 is 2.50 bits per heavy atom. The number of aliphatic hydroxyl groups is 1. The summed E-state index contributed by atoms with van der Waals surface area (Å²) in [6, 6.07) is 9.13. The average Bonchev–Trinajstić information content (AvgIpc) is 2.41. The summed E-state index contributed by atoms with van der Waals surface area (Å²) in [6.07, 6.45) is -0.314. The highest BCUT2D eigenvalue weighted by atomic mass is 16.5. The van der Waals surface area contributed by atoms with Crippen LogP contribution in [-0.4, -0.2) is 34.4 Å². The number of carbonyl (C=O) groups excluding carboxylic acids is 1. The summed E-state index contributed by atoms with van der Waals surface area (Å²) in [5, 5.41) is 20.5. The number of hydrogen-bond acceptors (Lipinski definition) is 4. The minimum absolute atomic E-state index is 0.0736. The van der Waals surface area contributed by atoms with Gasteiger partial charge in [-0.1, -0.05) is 30.3 Å². The molecule has 0 heterocycles. The third-order valence-corrected chi connectivity index (χ3v) is 3.50. The Kier molecular flexibility index (Phi) is 4.24. The molecule has 0 aliphatic heterocycles. The zero-order valence-electron chi connectivity index (χ0n) is 10.9. The number of hydrogen-bond donors (Lipinski definition) is 3. The number of rotatable bonds is 5. The third-order valence-electron chi connectivity index (χ3n) is 3.50. The van der Waals surface area contributed by atoms with Gasteiger partial charge >= 0.3 is 12.1 Å². The van der Waals surface area contributed by atoms with E-state index >= 15 is 0 Å². The lowest BCUT2D eigenvalue weighted by Crippen LogP contribution is -2.63. The van der Waals surface area contributed by atoms with E-state index in [-0.39, 0.29) is 32.0 Å². The van der Waals surface area contributed by atoms with Crippen molar-refractivity contribution >= 4 is 12.1 Å². The number of benzene rings is 1. The molecule has 1 amide bonds. The normalized spacial score (nSPS) is 24.6. The van der Waals surface area contributed by atoms with E-state index in [1.807, 2.05) is 30.3 Å². The molecule has 0 atom stereocenters. The number of alkyl carbamates (subject to hydrolysis) is 1. The van der Waals surface area contributed by atoms with E-state index in [4.69, 9.17) is 9.84 Å². The molecule has 6 nitrogen and oxygen atoms in total. The van der Waals surface area contributed by atoms with Gasteiger partial charge in [-0.2, -0.15) is 0 Å². The number of aliphatic carboxylic acids is 1. The average molecular weight is 279 g/mol. The Bertz CT molecular complexity index is 482. The van der Waals surface area contributed by atoms with Crippen molar-refractivity contribution in [2.75, 3.05) is 6.61 Å². The van der Waals surface area contributed by atoms with E-state index in [0.29, 0.717) is 0 Å². The van der Waals surface area contributed by atoms with Crippen molar-refractivity contribution in [1.82, 2.24) is 5.32 Å². The fourth-order valence-electron chi connectivity index (χ4n) is 2.34. The summed E-state index contributed by atoms with van der Waals surface area (Å²) in [6.45, 7) is 0.0155. The molecule has 6 heteroatoms. The van der Waals surface area contributed by atoms with E-state index in [9.17, 15) is 14.7 Å². The van der Waals surface area contributed by atoms with Gasteiger partial charge in [-0.05, 0) is 24.3 Å². The van der Waals surface area contributed by atoms with Crippen LogP contribution in [-0.2, 0) is 16.1 Å². The van der Waals surface area contributed by atoms with Crippen LogP contribution >= 0.6 is 0 Å². The molecule has 108 valence electrons. The molecule has 1 saturated carbocycles. The first kappa shape index (κ1) is 14.3. The fourth-order valence-corrected chi connectivity index (χ4v) is 2.34. The predicted molar refractivity (Wildman–Crippen MR) is 69.9 cm³/mol. The molecule has 1 aromatic rings. The van der Waals surface area contributed by atoms with Crippen molar-refractivity contribution in [3.05, 3.63) is 35.9 Å². The second-order valence-electron chi connectivity index (χ2n) is 5.03. The lowest BCUT2D eigenvalue weighted by Gasteiger charge is -2.43. The molecule has 3 N–H and O–H groups in total. The summed E-state index contributed by atoms with van der Waals surface area (Å²) in [5.74, 6) is -1.18. The van der Waals surface area contributed by atoms with Crippen molar-refractivity contribution in [2.45, 2.75) is 25.0 Å². The standard InChI is InChI=1S/C14H17NO5/c16-8-11-6-14(7-11,12(17)18)15-13(19)20-9-10-4-2-1-3-5-10/h1-5,11,16H,6-9H2,(H,15,19)(H,17,18). The third kappa shape index (κ3) is 3.08. The molecular formula is C14H17NO5. The predicted octanol–water partition coefficient (Wildman–Crippen LogP) is 1.14. The fraction of sp³-hybridized carbons (Fsp3) is 0.429. The van der Waals surface area contributed by atoms with Crippen LogP contribution in [0.3, 0.4) is 0 Å². The first-order valence-corrected chi connectivity index (χ1v) is 6.39. The van der Waals surface area contributed by atoms with Gasteiger partial charge in [0.05, 0.1) is 0 Å². The maximum absolute atomic E-state index is 11.7. The van der Waals surface area contributed by atoms with Crippen molar-refractivity contribution in [2.24, 2.45) is 5.92 Å². The van der Waals surface area contributed by atoms with E-state index < -0.39 is 17.6 Å². The van der Waals surface area contributed by atoms with E-state index in [1.54, 1.807) is 0 Å².